The number of fused-ring (bicyclic) bond motifs is 2. The summed E-state index contributed by atoms with van der Waals surface area (Å²) in [4.78, 5) is 2.61. The monoisotopic (exact) mass is 293 g/mol. The van der Waals surface area contributed by atoms with E-state index in [1.54, 1.807) is 7.11 Å². The predicted molar refractivity (Wildman–Crippen MR) is 85.9 cm³/mol. The molecule has 0 unspecified atom stereocenters. The molecule has 3 rings (SSSR count). The zero-order chi connectivity index (χ0) is 13.2. The normalized spacial score (nSPS) is 25.1. The Hall–Kier alpha value is -0.990. The Morgan fingerprint density at radius 3 is 3.00 bits per heavy atom. The molecule has 1 saturated heterocycles. The summed E-state index contributed by atoms with van der Waals surface area (Å²) in [5.74, 6) is 1.88. The third kappa shape index (κ3) is 2.72. The number of ether oxygens (including phenoxy) is 1. The molecule has 1 aliphatic carbocycles. The third-order valence-corrected chi connectivity index (χ3v) is 4.74. The zero-order valence-corrected chi connectivity index (χ0v) is 13.0. The van der Waals surface area contributed by atoms with Crippen molar-refractivity contribution in [3.63, 3.8) is 0 Å². The molecule has 1 aromatic carbocycles. The van der Waals surface area contributed by atoms with Gasteiger partial charge in [-0.25, -0.2) is 0 Å². The van der Waals surface area contributed by atoms with Crippen LogP contribution in [0, 0.1) is 5.92 Å². The van der Waals surface area contributed by atoms with E-state index in [0.717, 1.165) is 24.6 Å². The molecule has 2 atom stereocenters. The fraction of sp³-hybridized carbons (Fsp3) is 0.529. The number of benzene rings is 1. The first-order valence-electron chi connectivity index (χ1n) is 7.33. The van der Waals surface area contributed by atoms with Crippen LogP contribution in [0.4, 0.5) is 0 Å². The number of methoxy groups -OCH3 is 1. The summed E-state index contributed by atoms with van der Waals surface area (Å²) in [7, 11) is 1.78. The second-order valence-electron chi connectivity index (χ2n) is 5.76. The molecule has 20 heavy (non-hydrogen) atoms. The van der Waals surface area contributed by atoms with Crippen molar-refractivity contribution in [2.45, 2.75) is 31.7 Å². The second kappa shape index (κ2) is 6.64. The van der Waals surface area contributed by atoms with Gasteiger partial charge in [0.05, 0.1) is 7.11 Å². The summed E-state index contributed by atoms with van der Waals surface area (Å²) < 4.78 is 5.55. The largest absolute Gasteiger partial charge is 0.496 e. The smallest absolute Gasteiger partial charge is 0.122 e. The van der Waals surface area contributed by atoms with Gasteiger partial charge in [-0.15, -0.1) is 19.0 Å². The molecule has 110 valence electrons. The molecule has 0 radical (unpaired) electrons. The van der Waals surface area contributed by atoms with Gasteiger partial charge in [0, 0.05) is 12.6 Å². The predicted octanol–water partition coefficient (Wildman–Crippen LogP) is 3.48. The highest BCUT2D eigenvalue weighted by Gasteiger charge is 2.35. The van der Waals surface area contributed by atoms with Crippen LogP contribution < -0.4 is 4.74 Å². The van der Waals surface area contributed by atoms with Crippen molar-refractivity contribution >= 4 is 12.4 Å². The lowest BCUT2D eigenvalue weighted by atomic mass is 9.75. The fourth-order valence-corrected chi connectivity index (χ4v) is 3.86. The Kier molecular flexibility index (Phi) is 5.11. The van der Waals surface area contributed by atoms with Gasteiger partial charge in [0.15, 0.2) is 0 Å². The van der Waals surface area contributed by atoms with Crippen LogP contribution in [-0.2, 0) is 12.8 Å². The summed E-state index contributed by atoms with van der Waals surface area (Å²) in [5.41, 5.74) is 2.93. The summed E-state index contributed by atoms with van der Waals surface area (Å²) in [5, 5.41) is 0. The van der Waals surface area contributed by atoms with Gasteiger partial charge in [-0.3, -0.25) is 4.90 Å². The first-order chi connectivity index (χ1) is 9.33. The van der Waals surface area contributed by atoms with Gasteiger partial charge in [0.2, 0.25) is 0 Å². The van der Waals surface area contributed by atoms with Crippen LogP contribution in [0.2, 0.25) is 0 Å². The van der Waals surface area contributed by atoms with Crippen molar-refractivity contribution in [1.82, 2.24) is 4.90 Å². The average molecular weight is 294 g/mol. The van der Waals surface area contributed by atoms with E-state index in [1.165, 1.54) is 36.9 Å². The van der Waals surface area contributed by atoms with Crippen molar-refractivity contribution in [2.24, 2.45) is 5.92 Å². The maximum absolute atomic E-state index is 5.55. The lowest BCUT2D eigenvalue weighted by molar-refractivity contribution is 0.0965. The maximum Gasteiger partial charge on any atom is 0.122 e. The average Bonchev–Trinajstić information content (AvgIpc) is 2.45. The highest BCUT2D eigenvalue weighted by molar-refractivity contribution is 5.85. The van der Waals surface area contributed by atoms with Crippen LogP contribution in [0.15, 0.2) is 30.9 Å². The molecule has 0 N–H and O–H groups in total. The minimum Gasteiger partial charge on any atom is -0.496 e. The number of halogens is 1. The van der Waals surface area contributed by atoms with E-state index in [0.29, 0.717) is 6.04 Å². The van der Waals surface area contributed by atoms with E-state index in [1.807, 2.05) is 6.08 Å². The minimum absolute atomic E-state index is 0. The van der Waals surface area contributed by atoms with Crippen LogP contribution in [-0.4, -0.2) is 31.1 Å². The SMILES string of the molecule is C=CCN1CCC[C@@H]2Cc3cccc(OC)c3C[C@H]21.Cl. The standard InChI is InChI=1S/C17H23NO.ClH/c1-3-9-18-10-5-7-14-11-13-6-4-8-17(19-2)15(13)12-16(14)18;/h3-4,6,8,14,16H,1,5,7,9-12H2,2H3;1H/t14-,16-;/m1./s1. The van der Waals surface area contributed by atoms with Crippen LogP contribution >= 0.6 is 12.4 Å². The van der Waals surface area contributed by atoms with Gasteiger partial charge in [-0.05, 0) is 55.3 Å². The topological polar surface area (TPSA) is 12.5 Å². The van der Waals surface area contributed by atoms with Crippen molar-refractivity contribution in [2.75, 3.05) is 20.2 Å². The van der Waals surface area contributed by atoms with E-state index in [-0.39, 0.29) is 12.4 Å². The molecule has 1 fully saturated rings. The van der Waals surface area contributed by atoms with E-state index >= 15 is 0 Å². The van der Waals surface area contributed by atoms with Gasteiger partial charge < -0.3 is 4.74 Å². The molecule has 2 nitrogen and oxygen atoms in total. The lowest BCUT2D eigenvalue weighted by Gasteiger charge is -2.44. The Morgan fingerprint density at radius 1 is 1.40 bits per heavy atom. The van der Waals surface area contributed by atoms with E-state index < -0.39 is 0 Å². The summed E-state index contributed by atoms with van der Waals surface area (Å²) >= 11 is 0. The van der Waals surface area contributed by atoms with Gasteiger partial charge in [-0.2, -0.15) is 0 Å². The maximum atomic E-state index is 5.55. The van der Waals surface area contributed by atoms with Crippen molar-refractivity contribution in [3.8, 4) is 5.75 Å². The van der Waals surface area contributed by atoms with Crippen molar-refractivity contribution in [1.29, 1.82) is 0 Å². The second-order valence-corrected chi connectivity index (χ2v) is 5.76. The van der Waals surface area contributed by atoms with Crippen LogP contribution in [0.1, 0.15) is 24.0 Å². The highest BCUT2D eigenvalue weighted by Crippen LogP contribution is 2.38. The molecule has 1 aliphatic heterocycles. The molecule has 3 heteroatoms. The molecule has 1 heterocycles. The molecule has 0 amide bonds. The molecule has 0 aromatic heterocycles. The molecule has 1 aromatic rings. The molecule has 0 bridgehead atoms. The van der Waals surface area contributed by atoms with Crippen LogP contribution in [0.25, 0.3) is 0 Å². The molecular weight excluding hydrogens is 270 g/mol. The van der Waals surface area contributed by atoms with E-state index in [9.17, 15) is 0 Å². The number of hydrogen-bond donors (Lipinski definition) is 0. The molecular formula is C17H24ClNO. The molecule has 2 aliphatic rings. The van der Waals surface area contributed by atoms with Gasteiger partial charge in [0.1, 0.15) is 5.75 Å². The zero-order valence-electron chi connectivity index (χ0n) is 12.2. The molecule has 0 saturated carbocycles. The minimum atomic E-state index is 0. The van der Waals surface area contributed by atoms with Crippen LogP contribution in [0.5, 0.6) is 5.75 Å². The number of piperidine rings is 1. The van der Waals surface area contributed by atoms with Gasteiger partial charge >= 0.3 is 0 Å². The number of likely N-dealkylation sites (tertiary alicyclic amines) is 1. The first-order valence-corrected chi connectivity index (χ1v) is 7.33. The van der Waals surface area contributed by atoms with E-state index in [2.05, 4.69) is 29.7 Å². The van der Waals surface area contributed by atoms with Crippen LogP contribution in [0.3, 0.4) is 0 Å². The summed E-state index contributed by atoms with van der Waals surface area (Å²) in [6.45, 7) is 6.14. The number of rotatable bonds is 3. The number of hydrogen-bond acceptors (Lipinski definition) is 2. The van der Waals surface area contributed by atoms with E-state index in [4.69, 9.17) is 4.74 Å². The number of nitrogens with zero attached hydrogens (tertiary/aromatic N) is 1. The first kappa shape index (κ1) is 15.4. The Balaban J connectivity index is 0.00000147. The van der Waals surface area contributed by atoms with Gasteiger partial charge in [-0.1, -0.05) is 18.2 Å². The molecule has 0 spiro atoms. The Labute approximate surface area is 128 Å². The lowest BCUT2D eigenvalue weighted by Crippen LogP contribution is -2.49. The summed E-state index contributed by atoms with van der Waals surface area (Å²) in [6, 6.07) is 7.18. The fourth-order valence-electron chi connectivity index (χ4n) is 3.86. The van der Waals surface area contributed by atoms with Crippen molar-refractivity contribution < 1.29 is 4.74 Å². The third-order valence-electron chi connectivity index (χ3n) is 4.74. The van der Waals surface area contributed by atoms with Crippen molar-refractivity contribution in [3.05, 3.63) is 42.0 Å². The Bertz CT molecular complexity index is 474. The van der Waals surface area contributed by atoms with Gasteiger partial charge in [0.25, 0.3) is 0 Å². The Morgan fingerprint density at radius 2 is 2.25 bits per heavy atom. The quantitative estimate of drug-likeness (QED) is 0.791. The summed E-state index contributed by atoms with van der Waals surface area (Å²) in [6.07, 6.45) is 7.09. The highest BCUT2D eigenvalue weighted by atomic mass is 35.5.